The summed E-state index contributed by atoms with van der Waals surface area (Å²) in [7, 11) is 0. The molecule has 6 heteroatoms. The van der Waals surface area contributed by atoms with Gasteiger partial charge in [-0.1, -0.05) is 0 Å². The third-order valence-electron chi connectivity index (χ3n) is 1.31. The average molecular weight is 168 g/mol. The second kappa shape index (κ2) is 2.03. The first-order valence-electron chi connectivity index (χ1n) is 2.86. The Morgan fingerprint density at radius 2 is 2.36 bits per heavy atom. The Morgan fingerprint density at radius 1 is 1.55 bits per heavy atom. The fraction of sp³-hybridized carbons (Fsp3) is 0. The molecule has 3 N–H and O–H groups in total. The van der Waals surface area contributed by atoms with E-state index >= 15 is 0 Å². The van der Waals surface area contributed by atoms with Crippen molar-refractivity contribution >= 4 is 27.6 Å². The van der Waals surface area contributed by atoms with Crippen LogP contribution < -0.4 is 11.3 Å². The Labute approximate surface area is 65.1 Å². The molecule has 2 aromatic heterocycles. The molecule has 0 aliphatic carbocycles. The fourth-order valence-corrected chi connectivity index (χ4v) is 1.51. The summed E-state index contributed by atoms with van der Waals surface area (Å²) in [5.74, 6) is 0.234. The normalized spacial score (nSPS) is 10.5. The molecule has 0 fully saturated rings. The van der Waals surface area contributed by atoms with Crippen molar-refractivity contribution < 1.29 is 0 Å². The quantitative estimate of drug-likeness (QED) is 0.578. The van der Waals surface area contributed by atoms with Gasteiger partial charge in [-0.05, 0) is 11.5 Å². The van der Waals surface area contributed by atoms with E-state index in [1.54, 1.807) is 0 Å². The monoisotopic (exact) mass is 168 g/mol. The van der Waals surface area contributed by atoms with Crippen molar-refractivity contribution in [1.82, 2.24) is 14.3 Å². The Kier molecular flexibility index (Phi) is 1.16. The number of nitrogens with zero attached hydrogens (tertiary/aromatic N) is 2. The van der Waals surface area contributed by atoms with Crippen LogP contribution in [0.1, 0.15) is 0 Å². The van der Waals surface area contributed by atoms with Crippen molar-refractivity contribution in [3.63, 3.8) is 0 Å². The van der Waals surface area contributed by atoms with E-state index in [0.717, 1.165) is 11.5 Å². The molecule has 0 aromatic carbocycles. The maximum atomic E-state index is 11.0. The molecule has 0 aliphatic rings. The maximum absolute atomic E-state index is 11.0. The average Bonchev–Trinajstić information content (AvgIpc) is 2.34. The molecule has 2 rings (SSSR count). The molecule has 0 unspecified atom stereocenters. The van der Waals surface area contributed by atoms with Gasteiger partial charge in [0.2, 0.25) is 0 Å². The molecular weight excluding hydrogens is 164 g/mol. The number of H-pyrrole nitrogens is 1. The third kappa shape index (κ3) is 0.795. The van der Waals surface area contributed by atoms with Crippen LogP contribution in [0.4, 0.5) is 5.82 Å². The summed E-state index contributed by atoms with van der Waals surface area (Å²) >= 11 is 1.16. The van der Waals surface area contributed by atoms with E-state index in [1.807, 2.05) is 0 Å². The van der Waals surface area contributed by atoms with Crippen molar-refractivity contribution in [2.45, 2.75) is 0 Å². The highest BCUT2D eigenvalue weighted by Crippen LogP contribution is 2.13. The van der Waals surface area contributed by atoms with Gasteiger partial charge in [-0.15, -0.1) is 0 Å². The molecule has 5 nitrogen and oxygen atoms in total. The zero-order valence-corrected chi connectivity index (χ0v) is 6.18. The smallest absolute Gasteiger partial charge is 0.271 e. The Bertz CT molecular complexity index is 445. The third-order valence-corrected chi connectivity index (χ3v) is 2.10. The van der Waals surface area contributed by atoms with Crippen LogP contribution in [-0.4, -0.2) is 14.3 Å². The second-order valence-electron chi connectivity index (χ2n) is 1.97. The number of nitrogen functional groups attached to an aromatic ring is 1. The second-order valence-corrected chi connectivity index (χ2v) is 2.77. The van der Waals surface area contributed by atoms with Crippen molar-refractivity contribution in [2.75, 3.05) is 5.73 Å². The minimum Gasteiger partial charge on any atom is -0.383 e. The number of aromatic nitrogens is 3. The molecule has 2 aromatic rings. The number of hydrogen-bond donors (Lipinski definition) is 2. The van der Waals surface area contributed by atoms with E-state index in [0.29, 0.717) is 10.2 Å². The first kappa shape index (κ1) is 6.29. The van der Waals surface area contributed by atoms with Crippen LogP contribution in [-0.2, 0) is 0 Å². The van der Waals surface area contributed by atoms with Gasteiger partial charge in [0.15, 0.2) is 4.83 Å². The lowest BCUT2D eigenvalue weighted by molar-refractivity contribution is 1.24. The first-order valence-corrected chi connectivity index (χ1v) is 3.68. The molecular formula is C5H4N4OS. The van der Waals surface area contributed by atoms with E-state index < -0.39 is 0 Å². The zero-order chi connectivity index (χ0) is 7.84. The van der Waals surface area contributed by atoms with Crippen LogP contribution in [0.25, 0.3) is 10.2 Å². The standard InChI is InChI=1S/C5H4N4OS/c6-3-2-4(10)9-11-5(2)8-1-7-3/h1H,(H,9,10)(H2,6,7,8). The molecule has 0 bridgehead atoms. The summed E-state index contributed by atoms with van der Waals surface area (Å²) in [5, 5.41) is 0.387. The number of rotatable bonds is 0. The van der Waals surface area contributed by atoms with Gasteiger partial charge in [0.25, 0.3) is 5.56 Å². The summed E-state index contributed by atoms with van der Waals surface area (Å²) in [4.78, 5) is 19.1. The summed E-state index contributed by atoms with van der Waals surface area (Å²) in [5.41, 5.74) is 5.22. The highest BCUT2D eigenvalue weighted by Gasteiger charge is 2.05. The lowest BCUT2D eigenvalue weighted by atomic mass is 10.4. The lowest BCUT2D eigenvalue weighted by Crippen LogP contribution is -2.02. The van der Waals surface area contributed by atoms with E-state index in [4.69, 9.17) is 5.73 Å². The van der Waals surface area contributed by atoms with E-state index in [2.05, 4.69) is 14.3 Å². The van der Waals surface area contributed by atoms with Crippen molar-refractivity contribution in [3.8, 4) is 0 Å². The number of fused-ring (bicyclic) bond motifs is 1. The highest BCUT2D eigenvalue weighted by molar-refractivity contribution is 7.12. The molecule has 0 aliphatic heterocycles. The molecule has 0 amide bonds. The highest BCUT2D eigenvalue weighted by atomic mass is 32.1. The summed E-state index contributed by atoms with van der Waals surface area (Å²) in [6.07, 6.45) is 1.33. The van der Waals surface area contributed by atoms with Gasteiger partial charge < -0.3 is 5.73 Å². The number of hydrogen-bond acceptors (Lipinski definition) is 5. The van der Waals surface area contributed by atoms with Crippen molar-refractivity contribution in [1.29, 1.82) is 0 Å². The molecule has 0 saturated heterocycles. The predicted molar refractivity (Wildman–Crippen MR) is 42.4 cm³/mol. The van der Waals surface area contributed by atoms with E-state index in [9.17, 15) is 4.79 Å². The van der Waals surface area contributed by atoms with Crippen LogP contribution in [0.5, 0.6) is 0 Å². The van der Waals surface area contributed by atoms with Gasteiger partial charge in [-0.25, -0.2) is 9.97 Å². The van der Waals surface area contributed by atoms with Gasteiger partial charge in [-0.2, -0.15) is 0 Å². The topological polar surface area (TPSA) is 84.7 Å². The Hall–Kier alpha value is -1.43. The molecule has 0 atom stereocenters. The number of nitrogens with one attached hydrogen (secondary N) is 1. The van der Waals surface area contributed by atoms with Crippen LogP contribution >= 0.6 is 11.5 Å². The molecule has 56 valence electrons. The van der Waals surface area contributed by atoms with Gasteiger partial charge in [0, 0.05) is 0 Å². The van der Waals surface area contributed by atoms with Gasteiger partial charge in [0.05, 0.1) is 0 Å². The molecule has 0 saturated carbocycles. The maximum Gasteiger partial charge on any atom is 0.271 e. The number of nitrogens with two attached hydrogens (primary N) is 1. The lowest BCUT2D eigenvalue weighted by Gasteiger charge is -1.88. The number of aromatic amines is 1. The van der Waals surface area contributed by atoms with Gasteiger partial charge in [-0.3, -0.25) is 9.17 Å². The minimum atomic E-state index is -0.219. The molecule has 2 heterocycles. The SMILES string of the molecule is Nc1ncnc2s[nH]c(=O)c12. The zero-order valence-electron chi connectivity index (χ0n) is 5.37. The van der Waals surface area contributed by atoms with Crippen LogP contribution in [0.2, 0.25) is 0 Å². The number of anilines is 1. The van der Waals surface area contributed by atoms with Crippen molar-refractivity contribution in [3.05, 3.63) is 16.7 Å². The van der Waals surface area contributed by atoms with Gasteiger partial charge >= 0.3 is 0 Å². The van der Waals surface area contributed by atoms with E-state index in [1.165, 1.54) is 6.33 Å². The molecule has 0 spiro atoms. The minimum absolute atomic E-state index is 0.219. The first-order chi connectivity index (χ1) is 5.29. The predicted octanol–water partition coefficient (Wildman–Crippen LogP) is -0.0382. The Morgan fingerprint density at radius 3 is 3.09 bits per heavy atom. The summed E-state index contributed by atoms with van der Waals surface area (Å²) in [6.45, 7) is 0. The van der Waals surface area contributed by atoms with Crippen LogP contribution in [0.15, 0.2) is 11.1 Å². The Balaban J connectivity index is 3.08. The van der Waals surface area contributed by atoms with Crippen LogP contribution in [0, 0.1) is 0 Å². The summed E-state index contributed by atoms with van der Waals surface area (Å²) in [6, 6.07) is 0. The summed E-state index contributed by atoms with van der Waals surface area (Å²) < 4.78 is 2.52. The largest absolute Gasteiger partial charge is 0.383 e. The van der Waals surface area contributed by atoms with Crippen molar-refractivity contribution in [2.24, 2.45) is 0 Å². The van der Waals surface area contributed by atoms with E-state index in [-0.39, 0.29) is 11.4 Å². The van der Waals surface area contributed by atoms with Crippen LogP contribution in [0.3, 0.4) is 0 Å². The molecule has 0 radical (unpaired) electrons. The van der Waals surface area contributed by atoms with Gasteiger partial charge in [0.1, 0.15) is 17.5 Å². The fourth-order valence-electron chi connectivity index (χ4n) is 0.819. The molecule has 11 heavy (non-hydrogen) atoms.